The molecule has 0 fully saturated rings. The molecule has 3 rings (SSSR count). The molecule has 0 saturated heterocycles. The standard InChI is InChI=1S/C19H21NO6/c1-25-16-7-11(3-4-14(16)21)10-19(18(23)24)13-9-17(26-2)15(22)8-12(13)5-6-20-19/h3-4,7-9,20-22H,5-6,10H2,1-2H3,(H,23,24). The van der Waals surface area contributed by atoms with Gasteiger partial charge in [-0.05, 0) is 47.4 Å². The van der Waals surface area contributed by atoms with E-state index in [-0.39, 0.29) is 29.4 Å². The number of ether oxygens (including phenoxy) is 2. The van der Waals surface area contributed by atoms with Gasteiger partial charge in [0.15, 0.2) is 23.0 Å². The van der Waals surface area contributed by atoms with E-state index in [0.717, 1.165) is 5.56 Å². The third kappa shape index (κ3) is 2.90. The second-order valence-electron chi connectivity index (χ2n) is 6.25. The second-order valence-corrected chi connectivity index (χ2v) is 6.25. The van der Waals surface area contributed by atoms with E-state index in [1.807, 2.05) is 0 Å². The Morgan fingerprint density at radius 3 is 2.46 bits per heavy atom. The predicted molar refractivity (Wildman–Crippen MR) is 94.0 cm³/mol. The summed E-state index contributed by atoms with van der Waals surface area (Å²) in [5, 5.41) is 33.0. The lowest BCUT2D eigenvalue weighted by Crippen LogP contribution is -2.54. The minimum Gasteiger partial charge on any atom is -0.504 e. The number of aromatic hydroxyl groups is 2. The molecule has 1 atom stereocenters. The molecule has 0 aliphatic carbocycles. The number of methoxy groups -OCH3 is 2. The molecule has 0 aromatic heterocycles. The first-order chi connectivity index (χ1) is 12.4. The molecular weight excluding hydrogens is 338 g/mol. The Morgan fingerprint density at radius 2 is 1.81 bits per heavy atom. The van der Waals surface area contributed by atoms with E-state index in [9.17, 15) is 20.1 Å². The van der Waals surface area contributed by atoms with Gasteiger partial charge in [-0.1, -0.05) is 6.07 Å². The van der Waals surface area contributed by atoms with Gasteiger partial charge in [0.1, 0.15) is 5.54 Å². The van der Waals surface area contributed by atoms with Crippen molar-refractivity contribution in [2.45, 2.75) is 18.4 Å². The summed E-state index contributed by atoms with van der Waals surface area (Å²) in [5.41, 5.74) is 0.624. The van der Waals surface area contributed by atoms with Crippen LogP contribution in [0.5, 0.6) is 23.0 Å². The van der Waals surface area contributed by atoms with Crippen molar-refractivity contribution in [2.75, 3.05) is 20.8 Å². The number of hydrogen-bond donors (Lipinski definition) is 4. The smallest absolute Gasteiger partial charge is 0.328 e. The molecule has 1 heterocycles. The third-order valence-corrected chi connectivity index (χ3v) is 4.76. The number of rotatable bonds is 5. The van der Waals surface area contributed by atoms with Gasteiger partial charge >= 0.3 is 5.97 Å². The highest BCUT2D eigenvalue weighted by atomic mass is 16.5. The van der Waals surface area contributed by atoms with E-state index in [4.69, 9.17) is 9.47 Å². The molecular formula is C19H21NO6. The molecule has 26 heavy (non-hydrogen) atoms. The van der Waals surface area contributed by atoms with E-state index in [2.05, 4.69) is 5.32 Å². The fourth-order valence-electron chi connectivity index (χ4n) is 3.45. The van der Waals surface area contributed by atoms with Gasteiger partial charge in [-0.25, -0.2) is 4.79 Å². The van der Waals surface area contributed by atoms with Crippen LogP contribution in [0, 0.1) is 0 Å². The highest BCUT2D eigenvalue weighted by Crippen LogP contribution is 2.40. The molecule has 1 aliphatic heterocycles. The largest absolute Gasteiger partial charge is 0.504 e. The number of phenolic OH excluding ortho intramolecular Hbond substituents is 2. The van der Waals surface area contributed by atoms with Gasteiger partial charge in [0, 0.05) is 13.0 Å². The molecule has 2 aromatic carbocycles. The SMILES string of the molecule is COc1cc(CC2(C(=O)O)NCCc3cc(O)c(OC)cc32)ccc1O. The van der Waals surface area contributed by atoms with Crippen molar-refractivity contribution in [1.29, 1.82) is 0 Å². The summed E-state index contributed by atoms with van der Waals surface area (Å²) >= 11 is 0. The van der Waals surface area contributed by atoms with Crippen molar-refractivity contribution >= 4 is 5.97 Å². The number of aliphatic carboxylic acids is 1. The number of nitrogens with one attached hydrogen (secondary N) is 1. The minimum absolute atomic E-state index is 0.00998. The van der Waals surface area contributed by atoms with Crippen molar-refractivity contribution in [1.82, 2.24) is 5.32 Å². The molecule has 1 unspecified atom stereocenters. The van der Waals surface area contributed by atoms with Crippen LogP contribution in [-0.4, -0.2) is 42.1 Å². The van der Waals surface area contributed by atoms with E-state index in [0.29, 0.717) is 24.1 Å². The molecule has 7 heteroatoms. The Hall–Kier alpha value is -2.93. The summed E-state index contributed by atoms with van der Waals surface area (Å²) in [6.45, 7) is 0.459. The number of carbonyl (C=O) groups is 1. The van der Waals surface area contributed by atoms with Crippen molar-refractivity contribution in [3.8, 4) is 23.0 Å². The average Bonchev–Trinajstić information content (AvgIpc) is 2.62. The van der Waals surface area contributed by atoms with Gasteiger partial charge in [0.25, 0.3) is 0 Å². The van der Waals surface area contributed by atoms with Gasteiger partial charge in [0.05, 0.1) is 14.2 Å². The highest BCUT2D eigenvalue weighted by Gasteiger charge is 2.44. The summed E-state index contributed by atoms with van der Waals surface area (Å²) in [6, 6.07) is 7.89. The van der Waals surface area contributed by atoms with Crippen LogP contribution in [0.3, 0.4) is 0 Å². The predicted octanol–water partition coefficient (Wildman–Crippen LogP) is 1.78. The molecule has 2 aromatic rings. The number of fused-ring (bicyclic) bond motifs is 1. The van der Waals surface area contributed by atoms with E-state index < -0.39 is 11.5 Å². The zero-order chi connectivity index (χ0) is 18.9. The summed E-state index contributed by atoms with van der Waals surface area (Å²) in [5.74, 6) is -0.551. The Balaban J connectivity index is 2.12. The quantitative estimate of drug-likeness (QED) is 0.644. The fraction of sp³-hybridized carbons (Fsp3) is 0.316. The Labute approximate surface area is 150 Å². The van der Waals surface area contributed by atoms with Crippen molar-refractivity contribution in [2.24, 2.45) is 0 Å². The summed E-state index contributed by atoms with van der Waals surface area (Å²) in [6.07, 6.45) is 0.737. The first-order valence-electron chi connectivity index (χ1n) is 8.16. The Morgan fingerprint density at radius 1 is 1.12 bits per heavy atom. The van der Waals surface area contributed by atoms with Crippen LogP contribution in [0.25, 0.3) is 0 Å². The van der Waals surface area contributed by atoms with Gasteiger partial charge in [-0.15, -0.1) is 0 Å². The number of carboxylic acids is 1. The topological polar surface area (TPSA) is 108 Å². The summed E-state index contributed by atoms with van der Waals surface area (Å²) in [4.78, 5) is 12.3. The Bertz CT molecular complexity index is 850. The second kappa shape index (κ2) is 6.76. The minimum atomic E-state index is -1.38. The maximum absolute atomic E-state index is 12.3. The molecule has 1 aliphatic rings. The monoisotopic (exact) mass is 359 g/mol. The lowest BCUT2D eigenvalue weighted by molar-refractivity contribution is -0.145. The molecule has 0 saturated carbocycles. The van der Waals surface area contributed by atoms with Crippen LogP contribution in [0.15, 0.2) is 30.3 Å². The van der Waals surface area contributed by atoms with Crippen LogP contribution < -0.4 is 14.8 Å². The van der Waals surface area contributed by atoms with Crippen LogP contribution in [0.2, 0.25) is 0 Å². The van der Waals surface area contributed by atoms with Crippen LogP contribution in [0.1, 0.15) is 16.7 Å². The van der Waals surface area contributed by atoms with Crippen molar-refractivity contribution < 1.29 is 29.6 Å². The van der Waals surface area contributed by atoms with E-state index >= 15 is 0 Å². The van der Waals surface area contributed by atoms with Gasteiger partial charge < -0.3 is 24.8 Å². The van der Waals surface area contributed by atoms with Crippen LogP contribution >= 0.6 is 0 Å². The molecule has 0 spiro atoms. The molecule has 0 amide bonds. The van der Waals surface area contributed by atoms with Gasteiger partial charge in [0.2, 0.25) is 0 Å². The van der Waals surface area contributed by atoms with Crippen molar-refractivity contribution in [3.05, 3.63) is 47.0 Å². The number of hydrogen-bond acceptors (Lipinski definition) is 6. The highest BCUT2D eigenvalue weighted by molar-refractivity contribution is 5.83. The third-order valence-electron chi connectivity index (χ3n) is 4.76. The average molecular weight is 359 g/mol. The van der Waals surface area contributed by atoms with Crippen LogP contribution in [-0.2, 0) is 23.2 Å². The molecule has 138 valence electrons. The van der Waals surface area contributed by atoms with E-state index in [1.165, 1.54) is 20.3 Å². The number of phenols is 2. The van der Waals surface area contributed by atoms with E-state index in [1.54, 1.807) is 24.3 Å². The zero-order valence-electron chi connectivity index (χ0n) is 14.6. The maximum Gasteiger partial charge on any atom is 0.328 e. The van der Waals surface area contributed by atoms with Crippen molar-refractivity contribution in [3.63, 3.8) is 0 Å². The molecule has 7 nitrogen and oxygen atoms in total. The first kappa shape index (κ1) is 17.9. The summed E-state index contributed by atoms with van der Waals surface area (Å²) in [7, 11) is 2.86. The number of benzene rings is 2. The molecule has 0 radical (unpaired) electrons. The van der Waals surface area contributed by atoms with Gasteiger partial charge in [-0.2, -0.15) is 0 Å². The lowest BCUT2D eigenvalue weighted by atomic mass is 9.78. The molecule has 4 N–H and O–H groups in total. The Kier molecular flexibility index (Phi) is 4.65. The molecule has 0 bridgehead atoms. The fourth-order valence-corrected chi connectivity index (χ4v) is 3.45. The van der Waals surface area contributed by atoms with Gasteiger partial charge in [-0.3, -0.25) is 5.32 Å². The van der Waals surface area contributed by atoms with Crippen LogP contribution in [0.4, 0.5) is 0 Å². The number of carboxylic acid groups (broad SMARTS) is 1. The maximum atomic E-state index is 12.3. The zero-order valence-corrected chi connectivity index (χ0v) is 14.6. The summed E-state index contributed by atoms with van der Waals surface area (Å²) < 4.78 is 10.3. The first-order valence-corrected chi connectivity index (χ1v) is 8.16. The lowest BCUT2D eigenvalue weighted by Gasteiger charge is -2.37. The normalized spacial score (nSPS) is 18.8.